The van der Waals surface area contributed by atoms with Crippen LogP contribution in [0.4, 0.5) is 39.0 Å². The van der Waals surface area contributed by atoms with Gasteiger partial charge in [-0.3, -0.25) is 0 Å². The summed E-state index contributed by atoms with van der Waals surface area (Å²) in [6, 6.07) is 66.5. The van der Waals surface area contributed by atoms with E-state index in [9.17, 15) is 4.39 Å². The fourth-order valence-corrected chi connectivity index (χ4v) is 11.5. The lowest BCUT2D eigenvalue weighted by atomic mass is 9.67. The van der Waals surface area contributed by atoms with Gasteiger partial charge in [0.1, 0.15) is 5.82 Å². The second-order valence-corrected chi connectivity index (χ2v) is 18.3. The highest BCUT2D eigenvalue weighted by molar-refractivity contribution is 5.92. The summed E-state index contributed by atoms with van der Waals surface area (Å²) in [5.74, 6) is -4.17. The molecule has 6 heteroatoms. The largest absolute Gasteiger partial charge is 0.310 e. The standard InChI is InChI=1S/C66H42F5N/c1-3-41-19-27-45(28-20-41)65(57-15-9-17-61(68)63(57)70)55-13-7-5-11-51(55)53-37-35-49(39-59(53)65)72(48-33-25-44(26-34-48)43-23-31-47(67)32-24-43)50-36-38-54-52-12-6-8-14-56(52)66(60(54)40-50,46-29-21-42(4-2)22-30-46)58-16-10-18-62(69)64(58)71/h3-40H,1-2H2. The number of hydrogen-bond donors (Lipinski definition) is 0. The molecule has 0 saturated carbocycles. The van der Waals surface area contributed by atoms with Gasteiger partial charge in [-0.15, -0.1) is 0 Å². The molecule has 0 amide bonds. The fraction of sp³-hybridized carbons (Fsp3) is 0.0303. The monoisotopic (exact) mass is 943 g/mol. The molecule has 0 saturated heterocycles. The van der Waals surface area contributed by atoms with E-state index in [2.05, 4.69) is 30.2 Å². The van der Waals surface area contributed by atoms with Crippen LogP contribution in [-0.4, -0.2) is 0 Å². The van der Waals surface area contributed by atoms with Crippen molar-refractivity contribution in [3.05, 3.63) is 316 Å². The molecule has 0 aliphatic heterocycles. The summed E-state index contributed by atoms with van der Waals surface area (Å²) >= 11 is 0. The lowest BCUT2D eigenvalue weighted by Crippen LogP contribution is -2.31. The minimum Gasteiger partial charge on any atom is -0.310 e. The number of anilines is 3. The summed E-state index contributed by atoms with van der Waals surface area (Å²) in [5.41, 5.74) is 11.2. The van der Waals surface area contributed by atoms with Crippen molar-refractivity contribution in [2.45, 2.75) is 10.8 Å². The van der Waals surface area contributed by atoms with Crippen LogP contribution in [0.1, 0.15) is 55.6 Å². The minimum absolute atomic E-state index is 0.159. The van der Waals surface area contributed by atoms with E-state index in [1.165, 1.54) is 12.1 Å². The summed E-state index contributed by atoms with van der Waals surface area (Å²) in [6.07, 6.45) is 3.49. The van der Waals surface area contributed by atoms with E-state index in [1.54, 1.807) is 48.6 Å². The van der Waals surface area contributed by atoms with Crippen molar-refractivity contribution in [3.8, 4) is 33.4 Å². The van der Waals surface area contributed by atoms with Crippen molar-refractivity contribution < 1.29 is 22.0 Å². The topological polar surface area (TPSA) is 3.24 Å². The van der Waals surface area contributed by atoms with Crippen molar-refractivity contribution in [2.24, 2.45) is 0 Å². The summed E-state index contributed by atoms with van der Waals surface area (Å²) in [5, 5.41) is 0. The minimum atomic E-state index is -1.33. The Bertz CT molecular complexity index is 3580. The number of hydrogen-bond acceptors (Lipinski definition) is 1. The van der Waals surface area contributed by atoms with Crippen LogP contribution in [0.2, 0.25) is 0 Å². The maximum Gasteiger partial charge on any atom is 0.163 e. The maximum absolute atomic E-state index is 16.9. The van der Waals surface area contributed by atoms with E-state index in [0.29, 0.717) is 11.4 Å². The molecule has 346 valence electrons. The van der Waals surface area contributed by atoms with Crippen LogP contribution in [0.3, 0.4) is 0 Å². The van der Waals surface area contributed by atoms with Gasteiger partial charge in [0.05, 0.1) is 10.8 Å². The first-order valence-corrected chi connectivity index (χ1v) is 23.7. The Hall–Kier alpha value is -8.87. The molecule has 72 heavy (non-hydrogen) atoms. The molecule has 2 atom stereocenters. The molecule has 0 bridgehead atoms. The van der Waals surface area contributed by atoms with Crippen LogP contribution in [0.15, 0.2) is 232 Å². The van der Waals surface area contributed by atoms with Crippen LogP contribution in [-0.2, 0) is 10.8 Å². The maximum atomic E-state index is 16.9. The van der Waals surface area contributed by atoms with E-state index in [1.807, 2.05) is 146 Å². The highest BCUT2D eigenvalue weighted by Crippen LogP contribution is 2.60. The molecule has 2 aliphatic carbocycles. The molecule has 0 N–H and O–H groups in total. The van der Waals surface area contributed by atoms with Crippen LogP contribution >= 0.6 is 0 Å². The predicted octanol–water partition coefficient (Wildman–Crippen LogP) is 17.5. The lowest BCUT2D eigenvalue weighted by Gasteiger charge is -2.36. The molecule has 0 radical (unpaired) electrons. The van der Waals surface area contributed by atoms with Gasteiger partial charge < -0.3 is 4.90 Å². The number of rotatable bonds is 10. The van der Waals surface area contributed by atoms with E-state index in [-0.39, 0.29) is 16.9 Å². The quantitative estimate of drug-likeness (QED) is 0.124. The summed E-state index contributed by atoms with van der Waals surface area (Å²) in [7, 11) is 0. The normalized spacial score (nSPS) is 16.1. The van der Waals surface area contributed by atoms with E-state index in [4.69, 9.17) is 0 Å². The Morgan fingerprint density at radius 2 is 0.708 bits per heavy atom. The fourth-order valence-electron chi connectivity index (χ4n) is 11.5. The van der Waals surface area contributed by atoms with Gasteiger partial charge in [-0.1, -0.05) is 183 Å². The van der Waals surface area contributed by atoms with E-state index in [0.717, 1.165) is 95.7 Å². The zero-order chi connectivity index (χ0) is 49.3. The number of halogens is 5. The van der Waals surface area contributed by atoms with Crippen molar-refractivity contribution in [1.82, 2.24) is 0 Å². The molecular weight excluding hydrogens is 902 g/mol. The van der Waals surface area contributed by atoms with Crippen molar-refractivity contribution in [2.75, 3.05) is 4.90 Å². The average Bonchev–Trinajstić information content (AvgIpc) is 3.88. The summed E-state index contributed by atoms with van der Waals surface area (Å²) in [6.45, 7) is 7.94. The molecule has 12 rings (SSSR count). The Morgan fingerprint density at radius 1 is 0.333 bits per heavy atom. The lowest BCUT2D eigenvalue weighted by molar-refractivity contribution is 0.488. The van der Waals surface area contributed by atoms with Gasteiger partial charge in [-0.05, 0) is 139 Å². The molecule has 0 spiro atoms. The second kappa shape index (κ2) is 17.2. The molecule has 0 heterocycles. The Balaban J connectivity index is 1.15. The number of fused-ring (bicyclic) bond motifs is 6. The Labute approximate surface area is 414 Å². The molecule has 2 aliphatic rings. The molecule has 2 unspecified atom stereocenters. The predicted molar refractivity (Wildman–Crippen MR) is 281 cm³/mol. The molecular formula is C66H42F5N. The summed E-state index contributed by atoms with van der Waals surface area (Å²) in [4.78, 5) is 2.10. The smallest absolute Gasteiger partial charge is 0.163 e. The Kier molecular flexibility index (Phi) is 10.6. The van der Waals surface area contributed by atoms with E-state index < -0.39 is 34.1 Å². The van der Waals surface area contributed by atoms with Gasteiger partial charge in [-0.2, -0.15) is 0 Å². The second-order valence-electron chi connectivity index (χ2n) is 18.3. The van der Waals surface area contributed by atoms with Crippen molar-refractivity contribution in [1.29, 1.82) is 0 Å². The third-order valence-corrected chi connectivity index (χ3v) is 14.7. The average molecular weight is 944 g/mol. The van der Waals surface area contributed by atoms with Gasteiger partial charge >= 0.3 is 0 Å². The highest BCUT2D eigenvalue weighted by atomic mass is 19.2. The van der Waals surface area contributed by atoms with Gasteiger partial charge in [0, 0.05) is 28.2 Å². The molecule has 10 aromatic rings. The van der Waals surface area contributed by atoms with Gasteiger partial charge in [0.25, 0.3) is 0 Å². The zero-order valence-electron chi connectivity index (χ0n) is 38.7. The summed E-state index contributed by atoms with van der Waals surface area (Å²) < 4.78 is 79.4. The van der Waals surface area contributed by atoms with Gasteiger partial charge in [0.15, 0.2) is 23.3 Å². The number of benzene rings is 10. The molecule has 0 fully saturated rings. The third kappa shape index (κ3) is 6.59. The van der Waals surface area contributed by atoms with Crippen molar-refractivity contribution >= 4 is 29.2 Å². The zero-order valence-corrected chi connectivity index (χ0v) is 38.7. The van der Waals surface area contributed by atoms with Crippen LogP contribution in [0.5, 0.6) is 0 Å². The highest BCUT2D eigenvalue weighted by Gasteiger charge is 2.50. The molecule has 0 aromatic heterocycles. The van der Waals surface area contributed by atoms with Gasteiger partial charge in [0.2, 0.25) is 0 Å². The molecule has 10 aromatic carbocycles. The number of nitrogens with zero attached hydrogens (tertiary/aromatic N) is 1. The third-order valence-electron chi connectivity index (χ3n) is 14.7. The first kappa shape index (κ1) is 44.3. The van der Waals surface area contributed by atoms with Crippen LogP contribution < -0.4 is 4.90 Å². The molecule has 1 nitrogen and oxygen atoms in total. The first-order valence-electron chi connectivity index (χ1n) is 23.7. The Morgan fingerprint density at radius 3 is 1.14 bits per heavy atom. The SMILES string of the molecule is C=Cc1ccc(C2(c3cccc(F)c3F)c3ccccc3-c3ccc(N(c4ccc(-c5ccc(F)cc5)cc4)c4ccc5c(c4)C(c4ccc(C=C)cc4)(c4cccc(F)c4F)c4ccccc4-5)cc32)cc1. The first-order chi connectivity index (χ1) is 35.2. The van der Waals surface area contributed by atoms with Crippen LogP contribution in [0.25, 0.3) is 45.5 Å². The van der Waals surface area contributed by atoms with Gasteiger partial charge in [-0.25, -0.2) is 22.0 Å². The van der Waals surface area contributed by atoms with E-state index >= 15 is 17.6 Å². The van der Waals surface area contributed by atoms with Crippen LogP contribution in [0, 0.1) is 29.1 Å². The van der Waals surface area contributed by atoms with Crippen molar-refractivity contribution in [3.63, 3.8) is 0 Å².